The first kappa shape index (κ1) is 24.9. The van der Waals surface area contributed by atoms with Gasteiger partial charge in [0.15, 0.2) is 21.4 Å². The van der Waals surface area contributed by atoms with E-state index >= 15 is 4.39 Å². The Kier molecular flexibility index (Phi) is 7.09. The van der Waals surface area contributed by atoms with E-state index in [4.69, 9.17) is 21.1 Å². The normalized spacial score (nSPS) is 28.6. The summed E-state index contributed by atoms with van der Waals surface area (Å²) < 4.78 is 68.1. The molecule has 2 aromatic rings. The van der Waals surface area contributed by atoms with E-state index in [2.05, 4.69) is 5.32 Å². The highest BCUT2D eigenvalue weighted by atomic mass is 35.5. The van der Waals surface area contributed by atoms with Crippen molar-refractivity contribution in [2.24, 2.45) is 5.92 Å². The number of piperidine rings is 1. The van der Waals surface area contributed by atoms with Gasteiger partial charge in [0.05, 0.1) is 23.7 Å². The van der Waals surface area contributed by atoms with Gasteiger partial charge < -0.3 is 14.8 Å². The molecule has 0 unspecified atom stereocenters. The first-order valence-corrected chi connectivity index (χ1v) is 14.3. The van der Waals surface area contributed by atoms with Crippen LogP contribution in [0.1, 0.15) is 36.8 Å². The van der Waals surface area contributed by atoms with Crippen LogP contribution in [0.4, 0.5) is 8.78 Å². The van der Waals surface area contributed by atoms with E-state index in [0.717, 1.165) is 30.7 Å². The molecule has 0 spiro atoms. The minimum absolute atomic E-state index is 0.00394. The van der Waals surface area contributed by atoms with Crippen molar-refractivity contribution < 1.29 is 26.7 Å². The smallest absolute Gasteiger partial charge is 0.165 e. The van der Waals surface area contributed by atoms with E-state index in [1.54, 1.807) is 12.1 Å². The molecule has 1 N–H and O–H groups in total. The van der Waals surface area contributed by atoms with Gasteiger partial charge in [-0.3, -0.25) is 0 Å². The highest BCUT2D eigenvalue weighted by Crippen LogP contribution is 2.52. The molecule has 4 atom stereocenters. The zero-order valence-electron chi connectivity index (χ0n) is 19.4. The fourth-order valence-electron chi connectivity index (χ4n) is 6.07. The highest BCUT2D eigenvalue weighted by molar-refractivity contribution is 7.92. The molecule has 0 radical (unpaired) electrons. The van der Waals surface area contributed by atoms with Gasteiger partial charge in [-0.15, -0.1) is 0 Å². The molecule has 3 heterocycles. The molecular weight excluding hydrogens is 496 g/mol. The lowest BCUT2D eigenvalue weighted by Gasteiger charge is -2.51. The van der Waals surface area contributed by atoms with Crippen molar-refractivity contribution in [2.45, 2.75) is 48.9 Å². The largest absolute Gasteiger partial charge is 0.490 e. The first-order valence-electron chi connectivity index (χ1n) is 12.2. The van der Waals surface area contributed by atoms with Crippen molar-refractivity contribution in [1.29, 1.82) is 0 Å². The molecule has 0 aromatic heterocycles. The second-order valence-electron chi connectivity index (χ2n) is 9.89. The molecule has 5 rings (SSSR count). The van der Waals surface area contributed by atoms with Crippen molar-refractivity contribution in [3.63, 3.8) is 0 Å². The molecule has 2 aromatic carbocycles. The van der Waals surface area contributed by atoms with E-state index in [9.17, 15) is 12.8 Å². The fourth-order valence-corrected chi connectivity index (χ4v) is 7.99. The Morgan fingerprint density at radius 1 is 1.11 bits per heavy atom. The minimum atomic E-state index is -3.31. The van der Waals surface area contributed by atoms with Crippen molar-refractivity contribution in [3.05, 3.63) is 64.2 Å². The summed E-state index contributed by atoms with van der Waals surface area (Å²) in [6.07, 6.45) is 2.27. The molecule has 0 amide bonds. The van der Waals surface area contributed by atoms with Crippen molar-refractivity contribution in [1.82, 2.24) is 5.32 Å². The molecule has 35 heavy (non-hydrogen) atoms. The minimum Gasteiger partial charge on any atom is -0.490 e. The average Bonchev–Trinajstić information content (AvgIpc) is 2.86. The van der Waals surface area contributed by atoms with Gasteiger partial charge >= 0.3 is 0 Å². The molecule has 0 aliphatic carbocycles. The summed E-state index contributed by atoms with van der Waals surface area (Å²) >= 11 is 6.08. The van der Waals surface area contributed by atoms with E-state index in [1.165, 1.54) is 0 Å². The number of rotatable bonds is 6. The summed E-state index contributed by atoms with van der Waals surface area (Å²) in [6.45, 7) is 1.77. The third-order valence-electron chi connectivity index (χ3n) is 7.88. The summed E-state index contributed by atoms with van der Waals surface area (Å²) in [5.41, 5.74) is 0.390. The topological polar surface area (TPSA) is 64.6 Å². The summed E-state index contributed by atoms with van der Waals surface area (Å²) in [5.74, 6) is -1.48. The van der Waals surface area contributed by atoms with Gasteiger partial charge in [0.25, 0.3) is 0 Å². The maximum atomic E-state index is 15.4. The Hall–Kier alpha value is -1.74. The van der Waals surface area contributed by atoms with Crippen LogP contribution in [0.3, 0.4) is 0 Å². The maximum Gasteiger partial charge on any atom is 0.165 e. The third-order valence-corrected chi connectivity index (χ3v) is 10.4. The van der Waals surface area contributed by atoms with Crippen molar-refractivity contribution in [3.8, 4) is 5.75 Å². The molecule has 3 aliphatic heterocycles. The number of sulfone groups is 1. The highest BCUT2D eigenvalue weighted by Gasteiger charge is 2.53. The number of benzene rings is 2. The molecule has 5 nitrogen and oxygen atoms in total. The van der Waals surface area contributed by atoms with Gasteiger partial charge in [0.2, 0.25) is 0 Å². The van der Waals surface area contributed by atoms with E-state index < -0.39 is 38.2 Å². The van der Waals surface area contributed by atoms with Gasteiger partial charge in [-0.05, 0) is 68.5 Å². The molecule has 2 fully saturated rings. The van der Waals surface area contributed by atoms with E-state index in [-0.39, 0.29) is 29.6 Å². The number of halogens is 3. The lowest BCUT2D eigenvalue weighted by molar-refractivity contribution is -0.0963. The zero-order chi connectivity index (χ0) is 24.6. The predicted molar refractivity (Wildman–Crippen MR) is 131 cm³/mol. The molecule has 3 aliphatic rings. The third kappa shape index (κ3) is 4.82. The Labute approximate surface area is 210 Å². The lowest BCUT2D eigenvalue weighted by atomic mass is 9.60. The summed E-state index contributed by atoms with van der Waals surface area (Å²) in [4.78, 5) is 0. The van der Waals surface area contributed by atoms with Crippen LogP contribution in [0, 0.1) is 17.6 Å². The van der Waals surface area contributed by atoms with Crippen LogP contribution >= 0.6 is 11.6 Å². The molecule has 190 valence electrons. The van der Waals surface area contributed by atoms with Crippen LogP contribution in [0.5, 0.6) is 5.75 Å². The monoisotopic (exact) mass is 525 g/mol. The fraction of sp³-hybridized carbons (Fsp3) is 0.538. The van der Waals surface area contributed by atoms with Crippen LogP contribution in [-0.4, -0.2) is 51.8 Å². The Morgan fingerprint density at radius 2 is 1.89 bits per heavy atom. The quantitative estimate of drug-likeness (QED) is 0.603. The molecule has 0 saturated carbocycles. The van der Waals surface area contributed by atoms with E-state index in [1.807, 2.05) is 12.1 Å². The Balaban J connectivity index is 1.48. The number of ether oxygens (including phenoxy) is 2. The Bertz CT molecular complexity index is 1170. The second-order valence-corrected chi connectivity index (χ2v) is 12.7. The number of hydrogen-bond acceptors (Lipinski definition) is 5. The summed E-state index contributed by atoms with van der Waals surface area (Å²) in [6, 6.07) is 9.59. The Morgan fingerprint density at radius 3 is 2.63 bits per heavy atom. The number of nitrogens with one attached hydrogen (secondary N) is 1. The van der Waals surface area contributed by atoms with Gasteiger partial charge in [0.1, 0.15) is 5.82 Å². The lowest BCUT2D eigenvalue weighted by Crippen LogP contribution is -2.55. The zero-order valence-corrected chi connectivity index (χ0v) is 21.0. The predicted octanol–water partition coefficient (Wildman–Crippen LogP) is 4.45. The van der Waals surface area contributed by atoms with Gasteiger partial charge in [0, 0.05) is 35.1 Å². The van der Waals surface area contributed by atoms with Gasteiger partial charge in [-0.2, -0.15) is 0 Å². The first-order chi connectivity index (χ1) is 16.8. The van der Waals surface area contributed by atoms with Gasteiger partial charge in [-0.25, -0.2) is 17.2 Å². The van der Waals surface area contributed by atoms with Crippen molar-refractivity contribution in [2.75, 3.05) is 32.1 Å². The average molecular weight is 526 g/mol. The second kappa shape index (κ2) is 9.96. The van der Waals surface area contributed by atoms with Gasteiger partial charge in [-0.1, -0.05) is 23.7 Å². The van der Waals surface area contributed by atoms with Crippen LogP contribution in [0.25, 0.3) is 0 Å². The van der Waals surface area contributed by atoms with Crippen molar-refractivity contribution >= 4 is 21.4 Å². The summed E-state index contributed by atoms with van der Waals surface area (Å²) in [7, 11) is -3.31. The van der Waals surface area contributed by atoms with Crippen LogP contribution in [0.2, 0.25) is 5.02 Å². The van der Waals surface area contributed by atoms with E-state index in [0.29, 0.717) is 43.9 Å². The number of hydrogen-bond donors (Lipinski definition) is 1. The van der Waals surface area contributed by atoms with Crippen LogP contribution < -0.4 is 10.1 Å². The SMILES string of the molecule is O=S(=O)(CC[C@@H]1OCC[C@@]2(Cc3ccc(Cl)cc3)c3c(F)ccc(F)c3OC[C@@H]12)[C@@H]1CCCNC1. The molecular formula is C26H30ClF2NO4S. The standard InChI is InChI=1S/C26H30ClF2NO4S/c27-18-5-3-17(4-6-18)14-26-10-12-33-23(9-13-35(31,32)19-2-1-11-30-15-19)20(26)16-34-25-22(29)8-7-21(28)24(25)26/h3-8,19-20,23,30H,1-2,9-16H2/t19-,20+,23+,26+/m1/s1. The molecule has 0 bridgehead atoms. The number of fused-ring (bicyclic) bond motifs is 3. The summed E-state index contributed by atoms with van der Waals surface area (Å²) in [5, 5.41) is 3.37. The van der Waals surface area contributed by atoms with Crippen LogP contribution in [0.15, 0.2) is 36.4 Å². The molecule has 9 heteroatoms. The maximum absolute atomic E-state index is 15.4. The van der Waals surface area contributed by atoms with Crippen LogP contribution in [-0.2, 0) is 26.4 Å². The molecule has 2 saturated heterocycles.